The normalized spacial score (nSPS) is 10.6. The Hall–Kier alpha value is -4.99. The van der Waals surface area contributed by atoms with Crippen LogP contribution in [0.15, 0.2) is 96.1 Å². The summed E-state index contributed by atoms with van der Waals surface area (Å²) in [5, 5.41) is 7.21. The van der Waals surface area contributed by atoms with Crippen molar-refractivity contribution < 1.29 is 28.7 Å². The highest BCUT2D eigenvalue weighted by Gasteiger charge is 2.16. The van der Waals surface area contributed by atoms with E-state index in [-0.39, 0.29) is 28.2 Å². The maximum Gasteiger partial charge on any atom is 0.343 e. The first-order chi connectivity index (χ1) is 19.7. The molecule has 2 N–H and O–H groups in total. The molecular formula is C30H21Cl2N3O6. The van der Waals surface area contributed by atoms with Crippen molar-refractivity contribution in [2.45, 2.75) is 6.92 Å². The number of rotatable bonds is 7. The van der Waals surface area contributed by atoms with Gasteiger partial charge in [-0.1, -0.05) is 41.4 Å². The molecule has 0 spiro atoms. The van der Waals surface area contributed by atoms with Crippen LogP contribution in [-0.2, 0) is 9.59 Å². The van der Waals surface area contributed by atoms with Gasteiger partial charge >= 0.3 is 23.8 Å². The zero-order valence-corrected chi connectivity index (χ0v) is 22.9. The molecule has 4 aromatic rings. The van der Waals surface area contributed by atoms with E-state index in [9.17, 15) is 19.2 Å². The van der Waals surface area contributed by atoms with E-state index in [0.717, 1.165) is 5.56 Å². The molecule has 0 radical (unpaired) electrons. The van der Waals surface area contributed by atoms with Crippen LogP contribution >= 0.6 is 23.2 Å². The monoisotopic (exact) mass is 589 g/mol. The number of anilines is 1. The third-order valence-corrected chi connectivity index (χ3v) is 6.03. The molecule has 0 aliphatic carbocycles. The SMILES string of the molecule is Cc1ccccc1NC(=O)C(=O)N/N=C/c1ccc(OC(=O)c2ccc(Cl)cc2)cc1OC(=O)c1ccc(Cl)cc1. The van der Waals surface area contributed by atoms with Crippen molar-refractivity contribution in [3.05, 3.63) is 123 Å². The average Bonchev–Trinajstić information content (AvgIpc) is 2.96. The summed E-state index contributed by atoms with van der Waals surface area (Å²) in [5.74, 6) is -3.28. The third-order valence-electron chi connectivity index (χ3n) is 5.53. The fourth-order valence-electron chi connectivity index (χ4n) is 3.37. The number of nitrogens with one attached hydrogen (secondary N) is 2. The number of aryl methyl sites for hydroxylation is 1. The van der Waals surface area contributed by atoms with Crippen molar-refractivity contribution >= 4 is 58.9 Å². The summed E-state index contributed by atoms with van der Waals surface area (Å²) in [6, 6.07) is 23.3. The van der Waals surface area contributed by atoms with Crippen molar-refractivity contribution in [3.8, 4) is 11.5 Å². The number of hydrazone groups is 1. The van der Waals surface area contributed by atoms with Gasteiger partial charge in [0.15, 0.2) is 0 Å². The number of benzene rings is 4. The van der Waals surface area contributed by atoms with Crippen molar-refractivity contribution in [2.75, 3.05) is 5.32 Å². The molecule has 0 atom stereocenters. The molecule has 0 saturated heterocycles. The summed E-state index contributed by atoms with van der Waals surface area (Å²) in [6.07, 6.45) is 1.17. The number of nitrogens with zero attached hydrogens (tertiary/aromatic N) is 1. The predicted molar refractivity (Wildman–Crippen MR) is 155 cm³/mol. The molecule has 11 heteroatoms. The van der Waals surface area contributed by atoms with Crippen molar-refractivity contribution in [1.82, 2.24) is 5.43 Å². The Kier molecular flexibility index (Phi) is 9.47. The molecule has 0 bridgehead atoms. The molecule has 0 aliphatic rings. The highest BCUT2D eigenvalue weighted by Crippen LogP contribution is 2.26. The van der Waals surface area contributed by atoms with Crippen molar-refractivity contribution in [3.63, 3.8) is 0 Å². The van der Waals surface area contributed by atoms with E-state index in [2.05, 4.69) is 15.8 Å². The predicted octanol–water partition coefficient (Wildman–Crippen LogP) is 5.83. The Bertz CT molecular complexity index is 1640. The van der Waals surface area contributed by atoms with Crippen LogP contribution in [0.4, 0.5) is 5.69 Å². The molecule has 206 valence electrons. The maximum absolute atomic E-state index is 12.8. The highest BCUT2D eigenvalue weighted by molar-refractivity contribution is 6.39. The topological polar surface area (TPSA) is 123 Å². The molecule has 2 amide bonds. The summed E-state index contributed by atoms with van der Waals surface area (Å²) < 4.78 is 11.0. The van der Waals surface area contributed by atoms with E-state index in [1.165, 1.54) is 60.8 Å². The highest BCUT2D eigenvalue weighted by atomic mass is 35.5. The second kappa shape index (κ2) is 13.4. The van der Waals surface area contributed by atoms with Gasteiger partial charge in [-0.15, -0.1) is 0 Å². The van der Waals surface area contributed by atoms with Gasteiger partial charge in [0, 0.05) is 27.4 Å². The molecule has 0 heterocycles. The van der Waals surface area contributed by atoms with Gasteiger partial charge in [0.25, 0.3) is 0 Å². The Morgan fingerprint density at radius 3 is 1.93 bits per heavy atom. The summed E-state index contributed by atoms with van der Waals surface area (Å²) in [5.41, 5.74) is 4.09. The number of halogens is 2. The first kappa shape index (κ1) is 29.0. The lowest BCUT2D eigenvalue weighted by Crippen LogP contribution is -2.32. The molecule has 9 nitrogen and oxygen atoms in total. The molecule has 4 rings (SSSR count). The quantitative estimate of drug-likeness (QED) is 0.0919. The Morgan fingerprint density at radius 1 is 0.732 bits per heavy atom. The first-order valence-corrected chi connectivity index (χ1v) is 12.7. The molecule has 41 heavy (non-hydrogen) atoms. The zero-order chi connectivity index (χ0) is 29.4. The van der Waals surface area contributed by atoms with Crippen LogP contribution in [0.5, 0.6) is 11.5 Å². The Labute approximate surface area is 244 Å². The van der Waals surface area contributed by atoms with E-state index < -0.39 is 23.8 Å². The van der Waals surface area contributed by atoms with E-state index in [4.69, 9.17) is 32.7 Å². The number of ether oxygens (including phenoxy) is 2. The molecular weight excluding hydrogens is 569 g/mol. The number of amides is 2. The average molecular weight is 590 g/mol. The standard InChI is InChI=1S/C30H21Cl2N3O6/c1-18-4-2-3-5-25(18)34-27(36)28(37)35-33-17-21-10-15-24(40-29(38)19-6-11-22(31)12-7-19)16-26(21)41-30(39)20-8-13-23(32)14-9-20/h2-17H,1H3,(H,34,36)(H,35,37)/b33-17+. The van der Waals surface area contributed by atoms with Gasteiger partial charge < -0.3 is 14.8 Å². The summed E-state index contributed by atoms with van der Waals surface area (Å²) in [4.78, 5) is 49.9. The zero-order valence-electron chi connectivity index (χ0n) is 21.4. The van der Waals surface area contributed by atoms with Gasteiger partial charge in [-0.05, 0) is 79.2 Å². The minimum absolute atomic E-state index is 0.0336. The molecule has 0 saturated carbocycles. The molecule has 0 unspecified atom stereocenters. The lowest BCUT2D eigenvalue weighted by atomic mass is 10.2. The minimum Gasteiger partial charge on any atom is -0.423 e. The summed E-state index contributed by atoms with van der Waals surface area (Å²) in [6.45, 7) is 1.79. The van der Waals surface area contributed by atoms with Crippen molar-refractivity contribution in [1.29, 1.82) is 0 Å². The van der Waals surface area contributed by atoms with Gasteiger partial charge in [0.2, 0.25) is 0 Å². The lowest BCUT2D eigenvalue weighted by molar-refractivity contribution is -0.136. The second-order valence-corrected chi connectivity index (χ2v) is 9.33. The number of esters is 2. The van der Waals surface area contributed by atoms with Gasteiger partial charge in [0.05, 0.1) is 17.3 Å². The van der Waals surface area contributed by atoms with Crippen LogP contribution in [0, 0.1) is 6.92 Å². The van der Waals surface area contributed by atoms with Crippen LogP contribution in [0.1, 0.15) is 31.8 Å². The third kappa shape index (κ3) is 8.01. The van der Waals surface area contributed by atoms with Crippen LogP contribution < -0.4 is 20.2 Å². The fourth-order valence-corrected chi connectivity index (χ4v) is 3.63. The fraction of sp³-hybridized carbons (Fsp3) is 0.0333. The van der Waals surface area contributed by atoms with Crippen LogP contribution in [0.25, 0.3) is 0 Å². The van der Waals surface area contributed by atoms with Gasteiger partial charge in [0.1, 0.15) is 11.5 Å². The van der Waals surface area contributed by atoms with Gasteiger partial charge in [-0.3, -0.25) is 9.59 Å². The number of carbonyl (C=O) groups excluding carboxylic acids is 4. The molecule has 0 aliphatic heterocycles. The lowest BCUT2D eigenvalue weighted by Gasteiger charge is -2.11. The summed E-state index contributed by atoms with van der Waals surface area (Å²) in [7, 11) is 0. The van der Waals surface area contributed by atoms with Gasteiger partial charge in [-0.2, -0.15) is 5.10 Å². The van der Waals surface area contributed by atoms with E-state index in [1.54, 1.807) is 43.3 Å². The molecule has 4 aromatic carbocycles. The molecule has 0 aromatic heterocycles. The van der Waals surface area contributed by atoms with E-state index >= 15 is 0 Å². The first-order valence-electron chi connectivity index (χ1n) is 12.0. The van der Waals surface area contributed by atoms with E-state index in [0.29, 0.717) is 15.7 Å². The molecule has 0 fully saturated rings. The van der Waals surface area contributed by atoms with Gasteiger partial charge in [-0.25, -0.2) is 15.0 Å². The van der Waals surface area contributed by atoms with Crippen molar-refractivity contribution in [2.24, 2.45) is 5.10 Å². The van der Waals surface area contributed by atoms with E-state index in [1.807, 2.05) is 0 Å². The largest absolute Gasteiger partial charge is 0.423 e. The Balaban J connectivity index is 1.52. The van der Waals surface area contributed by atoms with Crippen LogP contribution in [-0.4, -0.2) is 30.0 Å². The minimum atomic E-state index is -1.02. The number of hydrogen-bond donors (Lipinski definition) is 2. The second-order valence-electron chi connectivity index (χ2n) is 8.46. The smallest absolute Gasteiger partial charge is 0.343 e. The number of hydrogen-bond acceptors (Lipinski definition) is 7. The van der Waals surface area contributed by atoms with Crippen LogP contribution in [0.2, 0.25) is 10.0 Å². The summed E-state index contributed by atoms with van der Waals surface area (Å²) >= 11 is 11.8. The maximum atomic E-state index is 12.8. The Morgan fingerprint density at radius 2 is 1.32 bits per heavy atom. The van der Waals surface area contributed by atoms with Crippen LogP contribution in [0.3, 0.4) is 0 Å². The number of para-hydroxylation sites is 1. The number of carbonyl (C=O) groups is 4.